The van der Waals surface area contributed by atoms with Crippen molar-refractivity contribution in [3.63, 3.8) is 0 Å². The molecule has 1 aliphatic carbocycles. The molecule has 1 saturated heterocycles. The summed E-state index contributed by atoms with van der Waals surface area (Å²) in [6.45, 7) is 0.183. The SMILES string of the molecule is COc1ccc([C@@H]2c3[nH]c4ccccc4c3C[C@H]3C(=O)N(C4CCCC4)CC(=O)N23)cc1. The number of benzene rings is 2. The van der Waals surface area contributed by atoms with Gasteiger partial charge in [0.2, 0.25) is 11.8 Å². The van der Waals surface area contributed by atoms with Crippen LogP contribution in [0, 0.1) is 0 Å². The Morgan fingerprint density at radius 3 is 2.50 bits per heavy atom. The summed E-state index contributed by atoms with van der Waals surface area (Å²) in [5.41, 5.74) is 4.20. The summed E-state index contributed by atoms with van der Waals surface area (Å²) in [5.74, 6) is 0.906. The van der Waals surface area contributed by atoms with Gasteiger partial charge in [0, 0.05) is 29.1 Å². The van der Waals surface area contributed by atoms with Gasteiger partial charge in [-0.15, -0.1) is 0 Å². The molecular weight excluding hydrogens is 402 g/mol. The number of fused-ring (bicyclic) bond motifs is 4. The molecule has 0 bridgehead atoms. The number of aromatic nitrogens is 1. The molecule has 3 heterocycles. The molecule has 6 heteroatoms. The van der Waals surface area contributed by atoms with Crippen LogP contribution in [0.3, 0.4) is 0 Å². The Bertz CT molecular complexity index is 1190. The number of carbonyl (C=O) groups is 2. The molecule has 3 aromatic rings. The van der Waals surface area contributed by atoms with Crippen LogP contribution in [0.15, 0.2) is 48.5 Å². The van der Waals surface area contributed by atoms with Crippen LogP contribution in [0.1, 0.15) is 48.5 Å². The number of rotatable bonds is 3. The predicted molar refractivity (Wildman–Crippen MR) is 121 cm³/mol. The molecule has 32 heavy (non-hydrogen) atoms. The van der Waals surface area contributed by atoms with Crippen molar-refractivity contribution < 1.29 is 14.3 Å². The van der Waals surface area contributed by atoms with Gasteiger partial charge in [-0.25, -0.2) is 0 Å². The van der Waals surface area contributed by atoms with E-state index in [1.807, 2.05) is 46.2 Å². The molecule has 3 aliphatic rings. The number of ether oxygens (including phenoxy) is 1. The van der Waals surface area contributed by atoms with Crippen LogP contribution in [-0.2, 0) is 16.0 Å². The summed E-state index contributed by atoms with van der Waals surface area (Å²) in [5, 5.41) is 1.14. The molecule has 1 saturated carbocycles. The lowest BCUT2D eigenvalue weighted by atomic mass is 9.86. The van der Waals surface area contributed by atoms with Crippen molar-refractivity contribution in [3.05, 3.63) is 65.4 Å². The summed E-state index contributed by atoms with van der Waals surface area (Å²) >= 11 is 0. The topological polar surface area (TPSA) is 65.6 Å². The van der Waals surface area contributed by atoms with E-state index >= 15 is 0 Å². The maximum Gasteiger partial charge on any atom is 0.246 e. The number of amides is 2. The number of piperazine rings is 1. The van der Waals surface area contributed by atoms with Crippen molar-refractivity contribution in [1.29, 1.82) is 0 Å². The van der Waals surface area contributed by atoms with E-state index in [0.29, 0.717) is 6.42 Å². The van der Waals surface area contributed by atoms with E-state index in [0.717, 1.165) is 59.2 Å². The molecule has 2 fully saturated rings. The van der Waals surface area contributed by atoms with Crippen LogP contribution in [0.5, 0.6) is 5.75 Å². The van der Waals surface area contributed by atoms with Gasteiger partial charge in [0.15, 0.2) is 0 Å². The molecule has 6 nitrogen and oxygen atoms in total. The van der Waals surface area contributed by atoms with Crippen molar-refractivity contribution in [3.8, 4) is 5.75 Å². The van der Waals surface area contributed by atoms with Crippen molar-refractivity contribution in [1.82, 2.24) is 14.8 Å². The highest BCUT2D eigenvalue weighted by atomic mass is 16.5. The summed E-state index contributed by atoms with van der Waals surface area (Å²) in [6, 6.07) is 15.5. The molecule has 2 amide bonds. The minimum Gasteiger partial charge on any atom is -0.497 e. The van der Waals surface area contributed by atoms with Gasteiger partial charge in [0.05, 0.1) is 13.2 Å². The van der Waals surface area contributed by atoms with Gasteiger partial charge in [0.25, 0.3) is 0 Å². The van der Waals surface area contributed by atoms with Crippen LogP contribution in [0.2, 0.25) is 0 Å². The van der Waals surface area contributed by atoms with Crippen LogP contribution in [-0.4, -0.2) is 52.3 Å². The number of methoxy groups -OCH3 is 1. The first-order chi connectivity index (χ1) is 15.7. The third kappa shape index (κ3) is 2.85. The van der Waals surface area contributed by atoms with E-state index in [-0.39, 0.29) is 30.4 Å². The van der Waals surface area contributed by atoms with Gasteiger partial charge in [-0.1, -0.05) is 43.2 Å². The lowest BCUT2D eigenvalue weighted by molar-refractivity contribution is -0.160. The number of carbonyl (C=O) groups excluding carboxylic acids is 2. The Morgan fingerprint density at radius 1 is 1.00 bits per heavy atom. The molecule has 1 N–H and O–H groups in total. The minimum absolute atomic E-state index is 0.0339. The van der Waals surface area contributed by atoms with E-state index in [1.165, 1.54) is 0 Å². The second-order valence-corrected chi connectivity index (χ2v) is 9.16. The van der Waals surface area contributed by atoms with Crippen molar-refractivity contribution in [2.75, 3.05) is 13.7 Å². The van der Waals surface area contributed by atoms with Crippen molar-refractivity contribution in [2.45, 2.75) is 50.2 Å². The zero-order valence-corrected chi connectivity index (χ0v) is 18.2. The molecule has 0 spiro atoms. The predicted octanol–water partition coefficient (Wildman–Crippen LogP) is 3.80. The van der Waals surface area contributed by atoms with Gasteiger partial charge in [-0.3, -0.25) is 9.59 Å². The molecule has 2 aromatic carbocycles. The summed E-state index contributed by atoms with van der Waals surface area (Å²) in [4.78, 5) is 34.6. The first-order valence-corrected chi connectivity index (χ1v) is 11.5. The maximum atomic E-state index is 13.7. The highest BCUT2D eigenvalue weighted by Gasteiger charge is 2.49. The largest absolute Gasteiger partial charge is 0.497 e. The molecule has 6 rings (SSSR count). The van der Waals surface area contributed by atoms with E-state index in [9.17, 15) is 9.59 Å². The fraction of sp³-hybridized carbons (Fsp3) is 0.385. The molecule has 0 unspecified atom stereocenters. The first kappa shape index (κ1) is 19.4. The van der Waals surface area contributed by atoms with Gasteiger partial charge in [-0.05, 0) is 42.2 Å². The second kappa shape index (κ2) is 7.40. The number of para-hydroxylation sites is 1. The molecule has 1 aromatic heterocycles. The van der Waals surface area contributed by atoms with Crippen LogP contribution < -0.4 is 4.74 Å². The lowest BCUT2D eigenvalue weighted by Crippen LogP contribution is -2.64. The quantitative estimate of drug-likeness (QED) is 0.689. The Kier molecular flexibility index (Phi) is 4.49. The molecule has 2 aliphatic heterocycles. The highest BCUT2D eigenvalue weighted by Crippen LogP contribution is 2.43. The Labute approximate surface area is 187 Å². The van der Waals surface area contributed by atoms with Crippen LogP contribution in [0.4, 0.5) is 0 Å². The zero-order valence-electron chi connectivity index (χ0n) is 18.2. The maximum absolute atomic E-state index is 13.7. The molecule has 0 radical (unpaired) electrons. The van der Waals surface area contributed by atoms with Crippen molar-refractivity contribution >= 4 is 22.7 Å². The lowest BCUT2D eigenvalue weighted by Gasteiger charge is -2.48. The average molecular weight is 430 g/mol. The summed E-state index contributed by atoms with van der Waals surface area (Å²) in [7, 11) is 1.64. The Balaban J connectivity index is 1.49. The second-order valence-electron chi connectivity index (χ2n) is 9.16. The van der Waals surface area contributed by atoms with Crippen LogP contribution >= 0.6 is 0 Å². The number of nitrogens with zero attached hydrogens (tertiary/aromatic N) is 2. The van der Waals surface area contributed by atoms with Gasteiger partial charge >= 0.3 is 0 Å². The number of H-pyrrole nitrogens is 1. The number of hydrogen-bond donors (Lipinski definition) is 1. The van der Waals surface area contributed by atoms with Gasteiger partial charge in [0.1, 0.15) is 18.3 Å². The van der Waals surface area contributed by atoms with Crippen LogP contribution in [0.25, 0.3) is 10.9 Å². The van der Waals surface area contributed by atoms with Crippen molar-refractivity contribution in [2.24, 2.45) is 0 Å². The van der Waals surface area contributed by atoms with E-state index in [4.69, 9.17) is 4.74 Å². The average Bonchev–Trinajstić information content (AvgIpc) is 3.48. The minimum atomic E-state index is -0.462. The van der Waals surface area contributed by atoms with Gasteiger partial charge in [-0.2, -0.15) is 0 Å². The van der Waals surface area contributed by atoms with Gasteiger partial charge < -0.3 is 19.5 Å². The number of aromatic amines is 1. The number of hydrogen-bond acceptors (Lipinski definition) is 3. The smallest absolute Gasteiger partial charge is 0.246 e. The third-order valence-corrected chi connectivity index (χ3v) is 7.49. The fourth-order valence-corrected chi connectivity index (χ4v) is 5.94. The van der Waals surface area contributed by atoms with E-state index in [1.54, 1.807) is 7.11 Å². The zero-order chi connectivity index (χ0) is 21.8. The van der Waals surface area contributed by atoms with E-state index in [2.05, 4.69) is 17.1 Å². The standard InChI is InChI=1S/C26H27N3O3/c1-32-18-12-10-16(11-13-18)25-24-20(19-8-4-5-9-21(19)27-24)14-22-26(31)28(15-23(30)29(22)25)17-6-2-3-7-17/h4-5,8-13,17,22,25,27H,2-3,6-7,14-15H2,1H3/t22-,25+/m0/s1. The molecule has 2 atom stereocenters. The Hall–Kier alpha value is -3.28. The first-order valence-electron chi connectivity index (χ1n) is 11.5. The normalized spacial score (nSPS) is 23.5. The third-order valence-electron chi connectivity index (χ3n) is 7.49. The molecular formula is C26H27N3O3. The highest BCUT2D eigenvalue weighted by molar-refractivity contribution is 5.97. The molecule has 164 valence electrons. The van der Waals surface area contributed by atoms with E-state index < -0.39 is 6.04 Å². The monoisotopic (exact) mass is 429 g/mol. The fourth-order valence-electron chi connectivity index (χ4n) is 5.94. The summed E-state index contributed by atoms with van der Waals surface area (Å²) in [6.07, 6.45) is 4.84. The Morgan fingerprint density at radius 2 is 1.75 bits per heavy atom. The number of nitrogens with one attached hydrogen (secondary N) is 1. The summed E-state index contributed by atoms with van der Waals surface area (Å²) < 4.78 is 5.34.